The lowest BCUT2D eigenvalue weighted by Gasteiger charge is -2.14. The van der Waals surface area contributed by atoms with E-state index in [-0.39, 0.29) is 6.10 Å². The largest absolute Gasteiger partial charge is 0.493 e. The van der Waals surface area contributed by atoms with Crippen LogP contribution in [0.4, 0.5) is 0 Å². The molecule has 0 spiro atoms. The van der Waals surface area contributed by atoms with Crippen LogP contribution in [0.15, 0.2) is 18.2 Å². The van der Waals surface area contributed by atoms with Gasteiger partial charge in [0.15, 0.2) is 11.5 Å². The maximum absolute atomic E-state index is 9.01. The van der Waals surface area contributed by atoms with Gasteiger partial charge in [0.1, 0.15) is 0 Å². The first-order valence-corrected chi connectivity index (χ1v) is 4.75. The minimum atomic E-state index is -1.49. The number of hydrogen-bond acceptors (Lipinski definition) is 4. The summed E-state index contributed by atoms with van der Waals surface area (Å²) in [5.41, 5.74) is 0.381. The first kappa shape index (κ1) is 11.9. The van der Waals surface area contributed by atoms with Crippen LogP contribution in [-0.4, -0.2) is 30.4 Å². The van der Waals surface area contributed by atoms with E-state index in [0.717, 1.165) is 0 Å². The lowest BCUT2D eigenvalue weighted by molar-refractivity contribution is 0.230. The summed E-state index contributed by atoms with van der Waals surface area (Å²) in [6.07, 6.45) is 0.00462. The van der Waals surface area contributed by atoms with Crippen molar-refractivity contribution in [3.8, 4) is 11.5 Å². The molecule has 1 aromatic carbocycles. The van der Waals surface area contributed by atoms with Gasteiger partial charge in [-0.1, -0.05) is 6.07 Å². The van der Waals surface area contributed by atoms with Crippen molar-refractivity contribution in [3.63, 3.8) is 0 Å². The smallest absolute Gasteiger partial charge is 0.488 e. The zero-order valence-corrected chi connectivity index (χ0v) is 9.10. The second kappa shape index (κ2) is 5.05. The highest BCUT2D eigenvalue weighted by molar-refractivity contribution is 6.58. The van der Waals surface area contributed by atoms with Crippen LogP contribution < -0.4 is 14.9 Å². The molecule has 0 saturated carbocycles. The molecule has 82 valence electrons. The van der Waals surface area contributed by atoms with Gasteiger partial charge in [-0.05, 0) is 31.4 Å². The van der Waals surface area contributed by atoms with E-state index in [1.165, 1.54) is 7.11 Å². The lowest BCUT2D eigenvalue weighted by Crippen LogP contribution is -2.29. The highest BCUT2D eigenvalue weighted by Crippen LogP contribution is 2.26. The maximum atomic E-state index is 9.01. The SMILES string of the molecule is COc1ccc(B(O)O)cc1OC(C)C. The topological polar surface area (TPSA) is 58.9 Å². The molecule has 0 radical (unpaired) electrons. The summed E-state index contributed by atoms with van der Waals surface area (Å²) in [6, 6.07) is 4.78. The van der Waals surface area contributed by atoms with E-state index in [1.807, 2.05) is 13.8 Å². The molecule has 4 nitrogen and oxygen atoms in total. The highest BCUT2D eigenvalue weighted by atomic mass is 16.5. The van der Waals surface area contributed by atoms with E-state index < -0.39 is 7.12 Å². The van der Waals surface area contributed by atoms with Gasteiger partial charge < -0.3 is 19.5 Å². The molecule has 0 atom stereocenters. The van der Waals surface area contributed by atoms with E-state index in [0.29, 0.717) is 17.0 Å². The van der Waals surface area contributed by atoms with E-state index >= 15 is 0 Å². The van der Waals surface area contributed by atoms with Crippen molar-refractivity contribution in [2.75, 3.05) is 7.11 Å². The van der Waals surface area contributed by atoms with Gasteiger partial charge in [0.25, 0.3) is 0 Å². The van der Waals surface area contributed by atoms with E-state index in [9.17, 15) is 0 Å². The van der Waals surface area contributed by atoms with Crippen LogP contribution in [0.25, 0.3) is 0 Å². The summed E-state index contributed by atoms with van der Waals surface area (Å²) in [7, 11) is 0.0443. The molecule has 0 bridgehead atoms. The van der Waals surface area contributed by atoms with Crippen molar-refractivity contribution >= 4 is 12.6 Å². The van der Waals surface area contributed by atoms with Gasteiger partial charge in [-0.15, -0.1) is 0 Å². The molecule has 0 aliphatic heterocycles. The predicted molar refractivity (Wildman–Crippen MR) is 58.6 cm³/mol. The van der Waals surface area contributed by atoms with Gasteiger partial charge in [-0.25, -0.2) is 0 Å². The van der Waals surface area contributed by atoms with E-state index in [1.54, 1.807) is 18.2 Å². The van der Waals surface area contributed by atoms with Crippen molar-refractivity contribution in [3.05, 3.63) is 18.2 Å². The van der Waals surface area contributed by atoms with Crippen molar-refractivity contribution in [2.24, 2.45) is 0 Å². The van der Waals surface area contributed by atoms with Crippen molar-refractivity contribution < 1.29 is 19.5 Å². The standard InChI is InChI=1S/C10H15BO4/c1-7(2)15-10-6-8(11(12)13)4-5-9(10)14-3/h4-7,12-13H,1-3H3. The van der Waals surface area contributed by atoms with Crippen molar-refractivity contribution in [1.82, 2.24) is 0 Å². The maximum Gasteiger partial charge on any atom is 0.488 e. The molecular weight excluding hydrogens is 195 g/mol. The number of ether oxygens (including phenoxy) is 2. The summed E-state index contributed by atoms with van der Waals surface area (Å²) >= 11 is 0. The van der Waals surface area contributed by atoms with Crippen molar-refractivity contribution in [2.45, 2.75) is 20.0 Å². The Balaban J connectivity index is 3.02. The summed E-state index contributed by atoms with van der Waals surface area (Å²) < 4.78 is 10.6. The Morgan fingerprint density at radius 1 is 1.20 bits per heavy atom. The Morgan fingerprint density at radius 3 is 2.33 bits per heavy atom. The van der Waals surface area contributed by atoms with Crippen molar-refractivity contribution in [1.29, 1.82) is 0 Å². The normalized spacial score (nSPS) is 10.3. The second-order valence-electron chi connectivity index (χ2n) is 3.45. The Labute approximate surface area is 89.6 Å². The Hall–Kier alpha value is -1.20. The van der Waals surface area contributed by atoms with Crippen LogP contribution in [0.5, 0.6) is 11.5 Å². The molecule has 5 heteroatoms. The van der Waals surface area contributed by atoms with Gasteiger partial charge in [0, 0.05) is 0 Å². The zero-order chi connectivity index (χ0) is 11.4. The molecule has 2 N–H and O–H groups in total. The monoisotopic (exact) mass is 210 g/mol. The molecule has 0 aromatic heterocycles. The Kier molecular flexibility index (Phi) is 4.00. The lowest BCUT2D eigenvalue weighted by atomic mass is 9.80. The number of rotatable bonds is 4. The third-order valence-corrected chi connectivity index (χ3v) is 1.85. The molecular formula is C10H15BO4. The molecule has 15 heavy (non-hydrogen) atoms. The molecule has 0 aliphatic carbocycles. The van der Waals surface area contributed by atoms with Crippen LogP contribution in [0.1, 0.15) is 13.8 Å². The average molecular weight is 210 g/mol. The average Bonchev–Trinajstić information content (AvgIpc) is 2.16. The first-order valence-electron chi connectivity index (χ1n) is 4.75. The fourth-order valence-electron chi connectivity index (χ4n) is 1.20. The Morgan fingerprint density at radius 2 is 1.87 bits per heavy atom. The molecule has 0 fully saturated rings. The van der Waals surface area contributed by atoms with Gasteiger partial charge in [0.2, 0.25) is 0 Å². The van der Waals surface area contributed by atoms with Crippen LogP contribution in [0.3, 0.4) is 0 Å². The molecule has 0 heterocycles. The van der Waals surface area contributed by atoms with Gasteiger partial charge in [-0.3, -0.25) is 0 Å². The summed E-state index contributed by atoms with van der Waals surface area (Å²) in [5, 5.41) is 18.0. The molecule has 0 amide bonds. The number of methoxy groups -OCH3 is 1. The number of benzene rings is 1. The summed E-state index contributed by atoms with van der Waals surface area (Å²) in [6.45, 7) is 3.78. The van der Waals surface area contributed by atoms with Crippen LogP contribution in [0, 0.1) is 0 Å². The van der Waals surface area contributed by atoms with E-state index in [2.05, 4.69) is 0 Å². The van der Waals surface area contributed by atoms with Gasteiger partial charge in [0.05, 0.1) is 13.2 Å². The van der Waals surface area contributed by atoms with Crippen LogP contribution in [-0.2, 0) is 0 Å². The molecule has 0 unspecified atom stereocenters. The fraction of sp³-hybridized carbons (Fsp3) is 0.400. The summed E-state index contributed by atoms with van der Waals surface area (Å²) in [4.78, 5) is 0. The van der Waals surface area contributed by atoms with Crippen LogP contribution >= 0.6 is 0 Å². The highest BCUT2D eigenvalue weighted by Gasteiger charge is 2.15. The number of hydrogen-bond donors (Lipinski definition) is 2. The van der Waals surface area contributed by atoms with Gasteiger partial charge in [-0.2, -0.15) is 0 Å². The molecule has 1 rings (SSSR count). The minimum Gasteiger partial charge on any atom is -0.493 e. The quantitative estimate of drug-likeness (QED) is 0.695. The molecule has 0 saturated heterocycles. The third-order valence-electron chi connectivity index (χ3n) is 1.85. The van der Waals surface area contributed by atoms with E-state index in [4.69, 9.17) is 19.5 Å². The summed E-state index contributed by atoms with van der Waals surface area (Å²) in [5.74, 6) is 1.09. The first-order chi connectivity index (χ1) is 7.04. The second-order valence-corrected chi connectivity index (χ2v) is 3.45. The minimum absolute atomic E-state index is 0.00462. The molecule has 0 aliphatic rings. The van der Waals surface area contributed by atoms with Gasteiger partial charge >= 0.3 is 7.12 Å². The van der Waals surface area contributed by atoms with Crippen LogP contribution in [0.2, 0.25) is 0 Å². The fourth-order valence-corrected chi connectivity index (χ4v) is 1.20. The Bertz CT molecular complexity index is 325. The predicted octanol–water partition coefficient (Wildman–Crippen LogP) is 0.162. The third kappa shape index (κ3) is 3.14. The zero-order valence-electron chi connectivity index (χ0n) is 9.10. The molecule has 1 aromatic rings.